The molecule has 0 aromatic heterocycles. The maximum absolute atomic E-state index is 13.2. The third kappa shape index (κ3) is 4.00. The minimum Gasteiger partial charge on any atom is -0.337 e. The molecule has 0 unspecified atom stereocenters. The Labute approximate surface area is 119 Å². The van der Waals surface area contributed by atoms with E-state index >= 15 is 0 Å². The highest BCUT2D eigenvalue weighted by atomic mass is 79.9. The number of rotatable bonds is 3. The molecule has 1 saturated heterocycles. The Hall–Kier alpha value is -0.970. The second kappa shape index (κ2) is 5.99. The molecule has 0 aliphatic carbocycles. The third-order valence-corrected chi connectivity index (χ3v) is 4.09. The van der Waals surface area contributed by atoms with Crippen LogP contribution < -0.4 is 0 Å². The first-order chi connectivity index (χ1) is 8.98. The Morgan fingerprint density at radius 1 is 1.37 bits per heavy atom. The predicted molar refractivity (Wildman–Crippen MR) is 73.2 cm³/mol. The van der Waals surface area contributed by atoms with Gasteiger partial charge in [-0.15, -0.1) is 0 Å². The lowest BCUT2D eigenvalue weighted by atomic mass is 10.1. The van der Waals surface area contributed by atoms with Crippen molar-refractivity contribution < 1.29 is 13.6 Å². The molecule has 0 spiro atoms. The van der Waals surface area contributed by atoms with Gasteiger partial charge >= 0.3 is 0 Å². The highest BCUT2D eigenvalue weighted by molar-refractivity contribution is 9.10. The van der Waals surface area contributed by atoms with Gasteiger partial charge in [0.2, 0.25) is 5.91 Å². The number of hydrogen-bond acceptors (Lipinski definition) is 1. The van der Waals surface area contributed by atoms with E-state index < -0.39 is 12.5 Å². The van der Waals surface area contributed by atoms with Gasteiger partial charge in [0.05, 0.1) is 6.54 Å². The Morgan fingerprint density at radius 2 is 2.11 bits per heavy atom. The second-order valence-corrected chi connectivity index (χ2v) is 5.72. The van der Waals surface area contributed by atoms with Crippen LogP contribution in [0.4, 0.5) is 8.78 Å². The van der Waals surface area contributed by atoms with Crippen molar-refractivity contribution in [1.29, 1.82) is 0 Å². The predicted octanol–water partition coefficient (Wildman–Crippen LogP) is 3.64. The molecular formula is C14H16BrF2NO. The molecule has 0 radical (unpaired) electrons. The molecule has 2 rings (SSSR count). The first-order valence-electron chi connectivity index (χ1n) is 6.37. The molecule has 104 valence electrons. The van der Waals surface area contributed by atoms with E-state index in [0.29, 0.717) is 19.4 Å². The number of hydrogen-bond donors (Lipinski definition) is 0. The number of carbonyl (C=O) groups is 1. The van der Waals surface area contributed by atoms with Crippen molar-refractivity contribution in [3.05, 3.63) is 34.3 Å². The van der Waals surface area contributed by atoms with Crippen LogP contribution in [0.5, 0.6) is 0 Å². The monoisotopic (exact) mass is 331 g/mol. The summed E-state index contributed by atoms with van der Waals surface area (Å²) in [6.07, 6.45) is 1.12. The molecule has 0 N–H and O–H groups in total. The van der Waals surface area contributed by atoms with Crippen molar-refractivity contribution in [2.45, 2.75) is 31.6 Å². The van der Waals surface area contributed by atoms with E-state index in [2.05, 4.69) is 15.9 Å². The molecule has 5 heteroatoms. The third-order valence-electron chi connectivity index (χ3n) is 3.31. The van der Waals surface area contributed by atoms with E-state index in [9.17, 15) is 13.6 Å². The van der Waals surface area contributed by atoms with Crippen LogP contribution in [-0.4, -0.2) is 29.8 Å². The number of carbonyl (C=O) groups excluding carboxylic acids is 1. The maximum atomic E-state index is 13.2. The molecule has 1 fully saturated rings. The fourth-order valence-corrected chi connectivity index (χ4v) is 2.76. The van der Waals surface area contributed by atoms with Crippen LogP contribution in [0.15, 0.2) is 28.7 Å². The number of aryl methyl sites for hydroxylation is 1. The number of likely N-dealkylation sites (tertiary alicyclic amines) is 1. The van der Waals surface area contributed by atoms with Crippen molar-refractivity contribution in [2.24, 2.45) is 0 Å². The van der Waals surface area contributed by atoms with Gasteiger partial charge in [0.15, 0.2) is 0 Å². The van der Waals surface area contributed by atoms with Gasteiger partial charge in [-0.1, -0.05) is 34.1 Å². The summed E-state index contributed by atoms with van der Waals surface area (Å²) in [5.74, 6) is -2.91. The molecule has 0 atom stereocenters. The van der Waals surface area contributed by atoms with E-state index in [0.717, 1.165) is 10.0 Å². The standard InChI is InChI=1S/C14H16BrF2NO/c15-12-5-2-1-4-11(12)6-7-13(19)18-9-3-8-14(16,17)10-18/h1-2,4-5H,3,6-10H2. The SMILES string of the molecule is O=C(CCc1ccccc1Br)N1CCCC(F)(F)C1. The number of halogens is 3. The fraction of sp³-hybridized carbons (Fsp3) is 0.500. The molecule has 2 nitrogen and oxygen atoms in total. The van der Waals surface area contributed by atoms with Crippen LogP contribution >= 0.6 is 15.9 Å². The van der Waals surface area contributed by atoms with Crippen LogP contribution in [0.25, 0.3) is 0 Å². The number of piperidine rings is 1. The first kappa shape index (κ1) is 14.4. The van der Waals surface area contributed by atoms with E-state index in [1.165, 1.54) is 4.90 Å². The van der Waals surface area contributed by atoms with Crippen LogP contribution in [-0.2, 0) is 11.2 Å². The Bertz CT molecular complexity index is 465. The van der Waals surface area contributed by atoms with E-state index in [1.807, 2.05) is 24.3 Å². The van der Waals surface area contributed by atoms with Crippen LogP contribution in [0.2, 0.25) is 0 Å². The summed E-state index contributed by atoms with van der Waals surface area (Å²) < 4.78 is 27.4. The zero-order valence-corrected chi connectivity index (χ0v) is 12.1. The van der Waals surface area contributed by atoms with Crippen molar-refractivity contribution in [1.82, 2.24) is 4.90 Å². The number of benzene rings is 1. The van der Waals surface area contributed by atoms with Gasteiger partial charge in [-0.05, 0) is 24.5 Å². The van der Waals surface area contributed by atoms with Crippen molar-refractivity contribution >= 4 is 21.8 Å². The molecule has 1 aromatic carbocycles. The fourth-order valence-electron chi connectivity index (χ4n) is 2.28. The van der Waals surface area contributed by atoms with Gasteiger partial charge in [0.25, 0.3) is 5.92 Å². The number of nitrogens with zero attached hydrogens (tertiary/aromatic N) is 1. The average molecular weight is 332 g/mol. The molecule has 1 aliphatic rings. The summed E-state index contributed by atoms with van der Waals surface area (Å²) in [7, 11) is 0. The molecular weight excluding hydrogens is 316 g/mol. The lowest BCUT2D eigenvalue weighted by Gasteiger charge is -2.32. The lowest BCUT2D eigenvalue weighted by Crippen LogP contribution is -2.45. The Kier molecular flexibility index (Phi) is 4.55. The molecule has 1 heterocycles. The number of amides is 1. The van der Waals surface area contributed by atoms with E-state index in [4.69, 9.17) is 0 Å². The van der Waals surface area contributed by atoms with Gasteiger partial charge in [0, 0.05) is 23.9 Å². The Balaban J connectivity index is 1.90. The van der Waals surface area contributed by atoms with Crippen LogP contribution in [0, 0.1) is 0 Å². The zero-order valence-electron chi connectivity index (χ0n) is 10.5. The largest absolute Gasteiger partial charge is 0.337 e. The summed E-state index contributed by atoms with van der Waals surface area (Å²) in [6.45, 7) is 0.0200. The van der Waals surface area contributed by atoms with Crippen LogP contribution in [0.3, 0.4) is 0 Å². The first-order valence-corrected chi connectivity index (χ1v) is 7.16. The minimum absolute atomic E-state index is 0.110. The summed E-state index contributed by atoms with van der Waals surface area (Å²) in [5, 5.41) is 0. The van der Waals surface area contributed by atoms with Gasteiger partial charge < -0.3 is 4.90 Å². The smallest absolute Gasteiger partial charge is 0.265 e. The van der Waals surface area contributed by atoms with Crippen molar-refractivity contribution in [3.63, 3.8) is 0 Å². The quantitative estimate of drug-likeness (QED) is 0.828. The summed E-state index contributed by atoms with van der Waals surface area (Å²) >= 11 is 3.42. The highest BCUT2D eigenvalue weighted by Gasteiger charge is 2.36. The molecule has 19 heavy (non-hydrogen) atoms. The summed E-state index contributed by atoms with van der Waals surface area (Å²) in [4.78, 5) is 13.2. The Morgan fingerprint density at radius 3 is 2.79 bits per heavy atom. The molecule has 1 aliphatic heterocycles. The van der Waals surface area contributed by atoms with Crippen molar-refractivity contribution in [2.75, 3.05) is 13.1 Å². The topological polar surface area (TPSA) is 20.3 Å². The van der Waals surface area contributed by atoms with Gasteiger partial charge in [0.1, 0.15) is 0 Å². The van der Waals surface area contributed by atoms with Crippen LogP contribution in [0.1, 0.15) is 24.8 Å². The molecule has 1 amide bonds. The van der Waals surface area contributed by atoms with Crippen molar-refractivity contribution in [3.8, 4) is 0 Å². The lowest BCUT2D eigenvalue weighted by molar-refractivity contribution is -0.141. The minimum atomic E-state index is -2.72. The number of alkyl halides is 2. The summed E-state index contributed by atoms with van der Waals surface area (Å²) in [5.41, 5.74) is 1.03. The molecule has 0 bridgehead atoms. The summed E-state index contributed by atoms with van der Waals surface area (Å²) in [6, 6.07) is 7.65. The zero-order chi connectivity index (χ0) is 13.9. The maximum Gasteiger partial charge on any atom is 0.265 e. The highest BCUT2D eigenvalue weighted by Crippen LogP contribution is 2.27. The van der Waals surface area contributed by atoms with E-state index in [-0.39, 0.29) is 18.7 Å². The second-order valence-electron chi connectivity index (χ2n) is 4.87. The molecule has 0 saturated carbocycles. The van der Waals surface area contributed by atoms with Gasteiger partial charge in [-0.3, -0.25) is 4.79 Å². The average Bonchev–Trinajstić information content (AvgIpc) is 2.36. The van der Waals surface area contributed by atoms with E-state index in [1.54, 1.807) is 0 Å². The normalized spacial score (nSPS) is 18.4. The van der Waals surface area contributed by atoms with Gasteiger partial charge in [-0.25, -0.2) is 8.78 Å². The molecule has 1 aromatic rings. The van der Waals surface area contributed by atoms with Gasteiger partial charge in [-0.2, -0.15) is 0 Å².